The third-order valence-corrected chi connectivity index (χ3v) is 8.13. The number of nitrogens with one attached hydrogen (secondary N) is 1. The number of ether oxygens (including phenoxy) is 1. The van der Waals surface area contributed by atoms with E-state index in [4.69, 9.17) is 4.74 Å². The van der Waals surface area contributed by atoms with Gasteiger partial charge < -0.3 is 9.64 Å². The second-order valence-electron chi connectivity index (χ2n) is 10.5. The van der Waals surface area contributed by atoms with Gasteiger partial charge in [0.2, 0.25) is 11.8 Å². The Kier molecular flexibility index (Phi) is 6.13. The van der Waals surface area contributed by atoms with E-state index in [2.05, 4.69) is 15.2 Å². The van der Waals surface area contributed by atoms with E-state index in [0.29, 0.717) is 24.3 Å². The molecule has 1 unspecified atom stereocenters. The van der Waals surface area contributed by atoms with E-state index >= 15 is 0 Å². The first-order chi connectivity index (χ1) is 18.2. The number of hydrogen-bond acceptors (Lipinski definition) is 6. The molecule has 2 saturated heterocycles. The summed E-state index contributed by atoms with van der Waals surface area (Å²) >= 11 is 0. The highest BCUT2D eigenvalue weighted by atomic mass is 19.4. The quantitative estimate of drug-likeness (QED) is 0.600. The first-order valence-electron chi connectivity index (χ1n) is 12.9. The van der Waals surface area contributed by atoms with E-state index in [-0.39, 0.29) is 36.3 Å². The molecule has 3 aliphatic heterocycles. The number of hydrogen-bond donors (Lipinski definition) is 1. The molecule has 0 spiro atoms. The van der Waals surface area contributed by atoms with Crippen LogP contribution in [-0.4, -0.2) is 63.8 Å². The standard InChI is InChI=1S/C27H27F3N4O4/c28-27(29,30)23-8-4-15(11-31-23)17-12-33(13-17)20-2-1-3-22(20)38-18-5-6-19-16(10-18)14-34(26(19)37)21-7-9-24(35)32-25(21)36/h4-6,8,10-11,17,20-22H,1-3,7,9,12-14H2,(H,32,35,36)/t20-,21?,22+/m0/s1. The number of imide groups is 1. The fourth-order valence-corrected chi connectivity index (χ4v) is 6.07. The molecular weight excluding hydrogens is 501 g/mol. The minimum Gasteiger partial charge on any atom is -0.489 e. The number of carbonyl (C=O) groups excluding carboxylic acids is 3. The summed E-state index contributed by atoms with van der Waals surface area (Å²) in [5, 5.41) is 2.31. The van der Waals surface area contributed by atoms with Gasteiger partial charge in [-0.05, 0) is 61.1 Å². The Balaban J connectivity index is 1.08. The summed E-state index contributed by atoms with van der Waals surface area (Å²) in [6.45, 7) is 1.79. The zero-order valence-electron chi connectivity index (χ0n) is 20.5. The Morgan fingerprint density at radius 1 is 1.03 bits per heavy atom. The lowest BCUT2D eigenvalue weighted by atomic mass is 9.90. The molecule has 11 heteroatoms. The molecule has 200 valence electrons. The number of amides is 3. The third kappa shape index (κ3) is 4.53. The van der Waals surface area contributed by atoms with Crippen LogP contribution in [0.1, 0.15) is 65.2 Å². The smallest absolute Gasteiger partial charge is 0.433 e. The van der Waals surface area contributed by atoms with Crippen molar-refractivity contribution in [3.8, 4) is 5.75 Å². The van der Waals surface area contributed by atoms with Crippen molar-refractivity contribution >= 4 is 17.7 Å². The molecule has 1 saturated carbocycles. The summed E-state index contributed by atoms with van der Waals surface area (Å²) < 4.78 is 44.8. The van der Waals surface area contributed by atoms with Gasteiger partial charge in [-0.3, -0.25) is 29.6 Å². The molecule has 3 amide bonds. The summed E-state index contributed by atoms with van der Waals surface area (Å²) in [6, 6.07) is 7.50. The van der Waals surface area contributed by atoms with Crippen molar-refractivity contribution in [2.75, 3.05) is 13.1 Å². The van der Waals surface area contributed by atoms with Crippen LogP contribution in [0.3, 0.4) is 0 Å². The van der Waals surface area contributed by atoms with Crippen molar-refractivity contribution < 1.29 is 32.3 Å². The van der Waals surface area contributed by atoms with Gasteiger partial charge in [-0.25, -0.2) is 0 Å². The highest BCUT2D eigenvalue weighted by Crippen LogP contribution is 2.38. The summed E-state index contributed by atoms with van der Waals surface area (Å²) in [6.07, 6.45) is 0.289. The summed E-state index contributed by atoms with van der Waals surface area (Å²) in [7, 11) is 0. The average molecular weight is 529 g/mol. The van der Waals surface area contributed by atoms with Gasteiger partial charge in [0.1, 0.15) is 23.6 Å². The minimum atomic E-state index is -4.44. The number of carbonyl (C=O) groups is 3. The van der Waals surface area contributed by atoms with Gasteiger partial charge >= 0.3 is 6.18 Å². The number of rotatable bonds is 5. The second-order valence-corrected chi connectivity index (χ2v) is 10.5. The van der Waals surface area contributed by atoms with E-state index in [9.17, 15) is 27.6 Å². The van der Waals surface area contributed by atoms with Crippen LogP contribution in [0.2, 0.25) is 0 Å². The van der Waals surface area contributed by atoms with E-state index in [1.807, 2.05) is 6.07 Å². The fraction of sp³-hybridized carbons (Fsp3) is 0.481. The Morgan fingerprint density at radius 2 is 1.84 bits per heavy atom. The molecule has 2 aromatic rings. The van der Waals surface area contributed by atoms with Gasteiger partial charge in [0.25, 0.3) is 5.91 Å². The average Bonchev–Trinajstić information content (AvgIpc) is 3.42. The number of fused-ring (bicyclic) bond motifs is 1. The van der Waals surface area contributed by atoms with Gasteiger partial charge in [-0.1, -0.05) is 6.07 Å². The number of nitrogens with zero attached hydrogens (tertiary/aromatic N) is 3. The van der Waals surface area contributed by atoms with Crippen LogP contribution < -0.4 is 10.1 Å². The molecule has 3 fully saturated rings. The van der Waals surface area contributed by atoms with Crippen LogP contribution in [0.25, 0.3) is 0 Å². The Hall–Kier alpha value is -3.47. The number of piperidine rings is 1. The van der Waals surface area contributed by atoms with Crippen molar-refractivity contribution in [2.45, 2.75) is 68.9 Å². The van der Waals surface area contributed by atoms with Crippen molar-refractivity contribution in [1.29, 1.82) is 0 Å². The molecule has 6 rings (SSSR count). The number of pyridine rings is 1. The number of alkyl halides is 3. The van der Waals surface area contributed by atoms with Crippen LogP contribution in [0.4, 0.5) is 13.2 Å². The van der Waals surface area contributed by atoms with Crippen LogP contribution in [0, 0.1) is 0 Å². The van der Waals surface area contributed by atoms with Gasteiger partial charge in [0.05, 0.1) is 0 Å². The SMILES string of the molecule is O=C1CCC(N2Cc3cc(O[C@@H]4CCC[C@@H]4N4CC(c5ccc(C(F)(F)F)nc5)C4)ccc3C2=O)C(=O)N1. The number of aromatic nitrogens is 1. The van der Waals surface area contributed by atoms with Gasteiger partial charge in [-0.15, -0.1) is 0 Å². The van der Waals surface area contributed by atoms with E-state index in [1.165, 1.54) is 17.2 Å². The predicted molar refractivity (Wildman–Crippen MR) is 128 cm³/mol. The largest absolute Gasteiger partial charge is 0.489 e. The lowest BCUT2D eigenvalue weighted by molar-refractivity contribution is -0.141. The van der Waals surface area contributed by atoms with Crippen LogP contribution in [0.15, 0.2) is 36.5 Å². The van der Waals surface area contributed by atoms with Crippen molar-refractivity contribution in [1.82, 2.24) is 20.1 Å². The Morgan fingerprint density at radius 3 is 2.55 bits per heavy atom. The summed E-state index contributed by atoms with van der Waals surface area (Å²) in [5.41, 5.74) is 1.28. The number of benzene rings is 1. The minimum absolute atomic E-state index is 0.0249. The van der Waals surface area contributed by atoms with Crippen LogP contribution in [-0.2, 0) is 22.3 Å². The van der Waals surface area contributed by atoms with E-state index in [1.54, 1.807) is 12.1 Å². The molecule has 1 N–H and O–H groups in total. The third-order valence-electron chi connectivity index (χ3n) is 8.13. The molecule has 8 nitrogen and oxygen atoms in total. The molecule has 1 aromatic heterocycles. The molecule has 0 radical (unpaired) electrons. The topological polar surface area (TPSA) is 91.8 Å². The first kappa shape index (κ1) is 24.8. The van der Waals surface area contributed by atoms with Crippen molar-refractivity contribution in [2.24, 2.45) is 0 Å². The Labute approximate surface area is 217 Å². The highest BCUT2D eigenvalue weighted by molar-refractivity contribution is 6.05. The van der Waals surface area contributed by atoms with Crippen LogP contribution >= 0.6 is 0 Å². The normalized spacial score (nSPS) is 26.3. The lowest BCUT2D eigenvalue weighted by Gasteiger charge is -2.45. The second kappa shape index (κ2) is 9.37. The maximum absolute atomic E-state index is 12.9. The molecule has 4 aliphatic rings. The van der Waals surface area contributed by atoms with Gasteiger partial charge in [0.15, 0.2) is 0 Å². The fourth-order valence-electron chi connectivity index (χ4n) is 6.07. The highest BCUT2D eigenvalue weighted by Gasteiger charge is 2.42. The van der Waals surface area contributed by atoms with E-state index < -0.39 is 23.8 Å². The van der Waals surface area contributed by atoms with Gasteiger partial charge in [0, 0.05) is 49.8 Å². The zero-order chi connectivity index (χ0) is 26.6. The maximum Gasteiger partial charge on any atom is 0.433 e. The number of halogens is 3. The van der Waals surface area contributed by atoms with Crippen LogP contribution in [0.5, 0.6) is 5.75 Å². The summed E-state index contributed by atoms with van der Waals surface area (Å²) in [5.74, 6) is -0.156. The number of likely N-dealkylation sites (tertiary alicyclic amines) is 1. The zero-order valence-corrected chi connectivity index (χ0v) is 20.5. The van der Waals surface area contributed by atoms with Crippen molar-refractivity contribution in [3.05, 3.63) is 58.9 Å². The Bertz CT molecular complexity index is 1280. The molecule has 3 atom stereocenters. The van der Waals surface area contributed by atoms with E-state index in [0.717, 1.165) is 49.5 Å². The first-order valence-corrected chi connectivity index (χ1v) is 12.9. The lowest BCUT2D eigenvalue weighted by Crippen LogP contribution is -2.54. The van der Waals surface area contributed by atoms with Gasteiger partial charge in [-0.2, -0.15) is 13.2 Å². The molecule has 0 bridgehead atoms. The molecule has 4 heterocycles. The van der Waals surface area contributed by atoms with Crippen molar-refractivity contribution in [3.63, 3.8) is 0 Å². The molecule has 1 aliphatic carbocycles. The molecule has 38 heavy (non-hydrogen) atoms. The monoisotopic (exact) mass is 528 g/mol. The molecular formula is C27H27F3N4O4. The predicted octanol–water partition coefficient (Wildman–Crippen LogP) is 3.26. The summed E-state index contributed by atoms with van der Waals surface area (Å²) in [4.78, 5) is 44.1. The maximum atomic E-state index is 12.9. The molecule has 1 aromatic carbocycles.